The molecule has 0 saturated carbocycles. The molecular weight excluding hydrogens is 400 g/mol. The van der Waals surface area contributed by atoms with Crippen LogP contribution in [0.2, 0.25) is 0 Å². The topological polar surface area (TPSA) is 75.5 Å². The average molecular weight is 433 g/mol. The molecule has 2 amide bonds. The van der Waals surface area contributed by atoms with Crippen molar-refractivity contribution in [2.75, 3.05) is 31.1 Å². The quantitative estimate of drug-likeness (QED) is 0.803. The van der Waals surface area contributed by atoms with Crippen LogP contribution < -0.4 is 10.2 Å². The Balaban J connectivity index is 1.28. The highest BCUT2D eigenvalue weighted by molar-refractivity contribution is 5.75. The lowest BCUT2D eigenvalue weighted by atomic mass is 10.0. The molecule has 0 radical (unpaired) electrons. The van der Waals surface area contributed by atoms with Gasteiger partial charge in [0.2, 0.25) is 0 Å². The molecule has 2 aliphatic rings. The summed E-state index contributed by atoms with van der Waals surface area (Å²) in [6, 6.07) is 16.8. The van der Waals surface area contributed by atoms with Crippen LogP contribution in [0.3, 0.4) is 0 Å². The van der Waals surface area contributed by atoms with Crippen LogP contribution in [0.15, 0.2) is 48.7 Å². The number of urea groups is 1. The number of aromatic nitrogens is 1. The molecule has 2 saturated heterocycles. The van der Waals surface area contributed by atoms with Gasteiger partial charge in [-0.2, -0.15) is 5.26 Å². The van der Waals surface area contributed by atoms with Crippen molar-refractivity contribution in [3.63, 3.8) is 0 Å². The Kier molecular flexibility index (Phi) is 6.91. The third-order valence-corrected chi connectivity index (χ3v) is 6.52. The summed E-state index contributed by atoms with van der Waals surface area (Å²) in [6.45, 7) is 8.62. The average Bonchev–Trinajstić information content (AvgIpc) is 2.80. The maximum absolute atomic E-state index is 13.1. The van der Waals surface area contributed by atoms with E-state index in [9.17, 15) is 4.79 Å². The molecule has 4 rings (SSSR count). The third-order valence-electron chi connectivity index (χ3n) is 6.52. The van der Waals surface area contributed by atoms with Crippen LogP contribution in [0.1, 0.15) is 37.8 Å². The van der Waals surface area contributed by atoms with Gasteiger partial charge in [0.25, 0.3) is 0 Å². The summed E-state index contributed by atoms with van der Waals surface area (Å²) in [5, 5.41) is 12.3. The normalized spacial score (nSPS) is 22.4. The molecule has 168 valence electrons. The fourth-order valence-electron chi connectivity index (χ4n) is 4.88. The monoisotopic (exact) mass is 432 g/mol. The number of piperazine rings is 1. The van der Waals surface area contributed by atoms with Crippen LogP contribution in [0.25, 0.3) is 0 Å². The van der Waals surface area contributed by atoms with E-state index in [0.29, 0.717) is 5.56 Å². The van der Waals surface area contributed by atoms with Gasteiger partial charge >= 0.3 is 6.03 Å². The molecule has 7 nitrogen and oxygen atoms in total. The van der Waals surface area contributed by atoms with Crippen LogP contribution >= 0.6 is 0 Å². The molecule has 2 aromatic rings. The van der Waals surface area contributed by atoms with Crippen LogP contribution in [0.4, 0.5) is 10.6 Å². The maximum Gasteiger partial charge on any atom is 0.318 e. The molecule has 1 N–H and O–H groups in total. The highest BCUT2D eigenvalue weighted by Gasteiger charge is 2.34. The summed E-state index contributed by atoms with van der Waals surface area (Å²) in [5.41, 5.74) is 1.90. The largest absolute Gasteiger partial charge is 0.353 e. The molecule has 3 heterocycles. The molecule has 2 fully saturated rings. The van der Waals surface area contributed by atoms with Crippen LogP contribution in [0.5, 0.6) is 0 Å². The van der Waals surface area contributed by atoms with E-state index in [2.05, 4.69) is 64.3 Å². The van der Waals surface area contributed by atoms with Crippen molar-refractivity contribution in [2.45, 2.75) is 51.4 Å². The lowest BCUT2D eigenvalue weighted by Crippen LogP contribution is -2.62. The van der Waals surface area contributed by atoms with Crippen LogP contribution in [-0.4, -0.2) is 65.1 Å². The third kappa shape index (κ3) is 5.20. The van der Waals surface area contributed by atoms with E-state index in [0.717, 1.165) is 51.4 Å². The Bertz CT molecular complexity index is 921. The molecule has 1 aromatic heterocycles. The van der Waals surface area contributed by atoms with E-state index in [1.54, 1.807) is 12.3 Å². The van der Waals surface area contributed by atoms with Crippen LogP contribution in [-0.2, 0) is 6.54 Å². The predicted octanol–water partition coefficient (Wildman–Crippen LogP) is 3.23. The Morgan fingerprint density at radius 2 is 1.78 bits per heavy atom. The van der Waals surface area contributed by atoms with Gasteiger partial charge in [-0.05, 0) is 44.4 Å². The van der Waals surface area contributed by atoms with E-state index in [1.807, 2.05) is 17.0 Å². The second-order valence-electron chi connectivity index (χ2n) is 9.01. The Hall–Kier alpha value is -3.11. The van der Waals surface area contributed by atoms with Crippen molar-refractivity contribution in [1.29, 1.82) is 5.26 Å². The lowest BCUT2D eigenvalue weighted by Gasteiger charge is -2.45. The van der Waals surface area contributed by atoms with Gasteiger partial charge < -0.3 is 15.1 Å². The Morgan fingerprint density at radius 3 is 2.38 bits per heavy atom. The summed E-state index contributed by atoms with van der Waals surface area (Å²) in [6.07, 6.45) is 3.57. The maximum atomic E-state index is 13.1. The van der Waals surface area contributed by atoms with Crippen molar-refractivity contribution in [1.82, 2.24) is 20.1 Å². The zero-order valence-corrected chi connectivity index (χ0v) is 18.9. The fraction of sp³-hybridized carbons (Fsp3) is 0.480. The molecule has 0 spiro atoms. The molecule has 1 aromatic carbocycles. The van der Waals surface area contributed by atoms with Gasteiger partial charge in [-0.25, -0.2) is 9.78 Å². The number of carbonyl (C=O) groups is 1. The summed E-state index contributed by atoms with van der Waals surface area (Å²) in [7, 11) is 0. The minimum Gasteiger partial charge on any atom is -0.353 e. The fourth-order valence-corrected chi connectivity index (χ4v) is 4.88. The number of nitrogens with one attached hydrogen (secondary N) is 1. The number of amides is 2. The van der Waals surface area contributed by atoms with Gasteiger partial charge in [0.15, 0.2) is 0 Å². The molecular formula is C25H32N6O. The number of likely N-dealkylation sites (tertiary alicyclic amines) is 1. The molecule has 32 heavy (non-hydrogen) atoms. The minimum atomic E-state index is 0.0407. The van der Waals surface area contributed by atoms with Crippen molar-refractivity contribution in [2.24, 2.45) is 0 Å². The number of rotatable bonds is 4. The van der Waals surface area contributed by atoms with Gasteiger partial charge in [0, 0.05) is 57.0 Å². The Morgan fingerprint density at radius 1 is 1.09 bits per heavy atom. The number of hydrogen-bond donors (Lipinski definition) is 1. The highest BCUT2D eigenvalue weighted by atomic mass is 16.2. The first kappa shape index (κ1) is 22.1. The van der Waals surface area contributed by atoms with Crippen molar-refractivity contribution >= 4 is 11.8 Å². The Labute approximate surface area is 190 Å². The standard InChI is InChI=1S/C25H32N6O/c1-19-16-30(24-9-8-22(14-26)15-27-24)17-20(2)31(19)25(32)28-23-10-12-29(13-11-23)18-21-6-4-3-5-7-21/h3-9,15,19-20,23H,10-13,16-18H2,1-2H3,(H,28,32)/t19-,20+. The highest BCUT2D eigenvalue weighted by Crippen LogP contribution is 2.22. The number of benzene rings is 1. The van der Waals surface area contributed by atoms with Gasteiger partial charge in [0.1, 0.15) is 11.9 Å². The van der Waals surface area contributed by atoms with E-state index in [4.69, 9.17) is 5.26 Å². The first-order chi connectivity index (χ1) is 15.5. The predicted molar refractivity (Wildman–Crippen MR) is 125 cm³/mol. The van der Waals surface area contributed by atoms with Gasteiger partial charge in [-0.1, -0.05) is 30.3 Å². The zero-order chi connectivity index (χ0) is 22.5. The van der Waals surface area contributed by atoms with E-state index < -0.39 is 0 Å². The number of nitriles is 1. The number of pyridine rings is 1. The van der Waals surface area contributed by atoms with Gasteiger partial charge in [0.05, 0.1) is 5.56 Å². The van der Waals surface area contributed by atoms with Crippen LogP contribution in [0, 0.1) is 11.3 Å². The number of nitrogens with zero attached hydrogens (tertiary/aromatic N) is 5. The van der Waals surface area contributed by atoms with Crippen molar-refractivity contribution < 1.29 is 4.79 Å². The number of hydrogen-bond acceptors (Lipinski definition) is 5. The molecule has 0 aliphatic carbocycles. The van der Waals surface area contributed by atoms with E-state index in [1.165, 1.54) is 5.56 Å². The molecule has 0 bridgehead atoms. The summed E-state index contributed by atoms with van der Waals surface area (Å²) in [5.74, 6) is 0.855. The van der Waals surface area contributed by atoms with Crippen molar-refractivity contribution in [3.8, 4) is 6.07 Å². The molecule has 2 aliphatic heterocycles. The zero-order valence-electron chi connectivity index (χ0n) is 18.9. The second-order valence-corrected chi connectivity index (χ2v) is 9.01. The summed E-state index contributed by atoms with van der Waals surface area (Å²) >= 11 is 0. The lowest BCUT2D eigenvalue weighted by molar-refractivity contribution is 0.130. The summed E-state index contributed by atoms with van der Waals surface area (Å²) < 4.78 is 0. The second kappa shape index (κ2) is 10.0. The SMILES string of the molecule is C[C@@H]1CN(c2ccc(C#N)cn2)C[C@H](C)N1C(=O)NC1CCN(Cc2ccccc2)CC1. The number of piperidine rings is 1. The van der Waals surface area contributed by atoms with Gasteiger partial charge in [-0.15, -0.1) is 0 Å². The smallest absolute Gasteiger partial charge is 0.318 e. The summed E-state index contributed by atoms with van der Waals surface area (Å²) in [4.78, 5) is 24.2. The van der Waals surface area contributed by atoms with Crippen molar-refractivity contribution in [3.05, 3.63) is 59.8 Å². The molecule has 7 heteroatoms. The van der Waals surface area contributed by atoms with E-state index >= 15 is 0 Å². The molecule has 0 unspecified atom stereocenters. The minimum absolute atomic E-state index is 0.0407. The number of anilines is 1. The first-order valence-corrected chi connectivity index (χ1v) is 11.5. The van der Waals surface area contributed by atoms with E-state index in [-0.39, 0.29) is 24.2 Å². The number of carbonyl (C=O) groups excluding carboxylic acids is 1. The molecule has 2 atom stereocenters. The first-order valence-electron chi connectivity index (χ1n) is 11.5. The van der Waals surface area contributed by atoms with Gasteiger partial charge in [-0.3, -0.25) is 4.90 Å².